The summed E-state index contributed by atoms with van der Waals surface area (Å²) in [5.74, 6) is -1.96. The minimum absolute atomic E-state index is 0.0268. The molecular formula is C10H6F2N4. The summed E-state index contributed by atoms with van der Waals surface area (Å²) in [5, 5.41) is 20.2. The molecule has 0 atom stereocenters. The van der Waals surface area contributed by atoms with Gasteiger partial charge in [0, 0.05) is 5.56 Å². The van der Waals surface area contributed by atoms with Crippen molar-refractivity contribution >= 4 is 11.4 Å². The molecule has 1 aromatic carbocycles. The summed E-state index contributed by atoms with van der Waals surface area (Å²) in [6.07, 6.45) is 0. The smallest absolute Gasteiger partial charge is 0.237 e. The second-order valence-corrected chi connectivity index (χ2v) is 2.83. The maximum Gasteiger partial charge on any atom is 0.237 e. The molecule has 0 spiro atoms. The number of nitriles is 2. The van der Waals surface area contributed by atoms with Crippen LogP contribution < -0.4 is 5.43 Å². The fourth-order valence-electron chi connectivity index (χ4n) is 0.964. The van der Waals surface area contributed by atoms with Gasteiger partial charge in [-0.1, -0.05) is 0 Å². The predicted molar refractivity (Wildman–Crippen MR) is 53.4 cm³/mol. The molecule has 0 amide bonds. The van der Waals surface area contributed by atoms with Crippen LogP contribution in [0.5, 0.6) is 0 Å². The van der Waals surface area contributed by atoms with E-state index < -0.39 is 17.3 Å². The lowest BCUT2D eigenvalue weighted by Crippen LogP contribution is -2.00. The van der Waals surface area contributed by atoms with Crippen LogP contribution in [-0.4, -0.2) is 5.71 Å². The second kappa shape index (κ2) is 4.85. The van der Waals surface area contributed by atoms with E-state index in [0.717, 1.165) is 6.07 Å². The maximum atomic E-state index is 13.1. The van der Waals surface area contributed by atoms with Gasteiger partial charge < -0.3 is 0 Å². The molecule has 0 aromatic heterocycles. The van der Waals surface area contributed by atoms with Crippen molar-refractivity contribution < 1.29 is 8.78 Å². The van der Waals surface area contributed by atoms with E-state index in [4.69, 9.17) is 10.5 Å². The van der Waals surface area contributed by atoms with Gasteiger partial charge in [-0.15, -0.1) is 0 Å². The largest absolute Gasteiger partial charge is 0.276 e. The lowest BCUT2D eigenvalue weighted by molar-refractivity contribution is 0.503. The van der Waals surface area contributed by atoms with Crippen molar-refractivity contribution in [3.63, 3.8) is 0 Å². The van der Waals surface area contributed by atoms with Crippen molar-refractivity contribution in [1.82, 2.24) is 0 Å². The summed E-state index contributed by atoms with van der Waals surface area (Å²) in [4.78, 5) is 0. The third-order valence-corrected chi connectivity index (χ3v) is 1.84. The van der Waals surface area contributed by atoms with Crippen molar-refractivity contribution in [2.45, 2.75) is 6.92 Å². The summed E-state index contributed by atoms with van der Waals surface area (Å²) in [6, 6.07) is 5.25. The average Bonchev–Trinajstić information content (AvgIpc) is 2.30. The molecule has 0 saturated heterocycles. The molecule has 0 aliphatic carbocycles. The lowest BCUT2D eigenvalue weighted by Gasteiger charge is -2.05. The van der Waals surface area contributed by atoms with Crippen LogP contribution in [-0.2, 0) is 0 Å². The summed E-state index contributed by atoms with van der Waals surface area (Å²) in [6.45, 7) is 1.36. The van der Waals surface area contributed by atoms with E-state index in [0.29, 0.717) is 0 Å². The normalized spacial score (nSPS) is 8.81. The van der Waals surface area contributed by atoms with Crippen LogP contribution in [0.25, 0.3) is 0 Å². The molecular weight excluding hydrogens is 214 g/mol. The molecule has 16 heavy (non-hydrogen) atoms. The number of hydrazone groups is 1. The molecule has 1 rings (SSSR count). The maximum absolute atomic E-state index is 13.1. The van der Waals surface area contributed by atoms with Crippen LogP contribution in [0.2, 0.25) is 0 Å². The van der Waals surface area contributed by atoms with Gasteiger partial charge in [-0.2, -0.15) is 15.6 Å². The first-order chi connectivity index (χ1) is 7.60. The predicted octanol–water partition coefficient (Wildman–Crippen LogP) is 2.09. The molecule has 6 heteroatoms. The Labute approximate surface area is 90.4 Å². The number of nitrogens with zero attached hydrogens (tertiary/aromatic N) is 3. The molecule has 0 aliphatic heterocycles. The van der Waals surface area contributed by atoms with Gasteiger partial charge in [-0.25, -0.2) is 8.78 Å². The molecule has 1 N–H and O–H groups in total. The summed E-state index contributed by atoms with van der Waals surface area (Å²) in [5.41, 5.74) is 2.14. The zero-order valence-electron chi connectivity index (χ0n) is 8.25. The number of benzene rings is 1. The molecule has 0 saturated carbocycles. The standard InChI is InChI=1S/C10H6F2N4/c1-6-9(3-2-8(11)10(6)12)16-15-7(4-13)5-14/h2-3,16H,1H3. The molecule has 4 nitrogen and oxygen atoms in total. The van der Waals surface area contributed by atoms with Crippen LogP contribution in [0.3, 0.4) is 0 Å². The second-order valence-electron chi connectivity index (χ2n) is 2.83. The van der Waals surface area contributed by atoms with Gasteiger partial charge in [0.2, 0.25) is 5.71 Å². The summed E-state index contributed by atoms with van der Waals surface area (Å²) >= 11 is 0. The van der Waals surface area contributed by atoms with E-state index in [1.165, 1.54) is 25.1 Å². The highest BCUT2D eigenvalue weighted by atomic mass is 19.2. The van der Waals surface area contributed by atoms with E-state index >= 15 is 0 Å². The SMILES string of the molecule is Cc1c(NN=C(C#N)C#N)ccc(F)c1F. The van der Waals surface area contributed by atoms with Gasteiger partial charge in [-0.3, -0.25) is 5.43 Å². The van der Waals surface area contributed by atoms with Gasteiger partial charge >= 0.3 is 0 Å². The minimum atomic E-state index is -0.990. The van der Waals surface area contributed by atoms with E-state index in [-0.39, 0.29) is 11.3 Å². The highest BCUT2D eigenvalue weighted by molar-refractivity contribution is 6.10. The van der Waals surface area contributed by atoms with Crippen molar-refractivity contribution in [2.24, 2.45) is 5.10 Å². The molecule has 0 bridgehead atoms. The molecule has 80 valence electrons. The number of hydrogen-bond donors (Lipinski definition) is 1. The molecule has 0 radical (unpaired) electrons. The van der Waals surface area contributed by atoms with Gasteiger partial charge in [-0.05, 0) is 19.1 Å². The van der Waals surface area contributed by atoms with E-state index in [2.05, 4.69) is 10.5 Å². The Hall–Kier alpha value is -2.47. The van der Waals surface area contributed by atoms with Crippen molar-refractivity contribution in [1.29, 1.82) is 10.5 Å². The molecule has 0 aliphatic rings. The highest BCUT2D eigenvalue weighted by Crippen LogP contribution is 2.20. The number of anilines is 1. The Morgan fingerprint density at radius 3 is 2.50 bits per heavy atom. The van der Waals surface area contributed by atoms with E-state index in [1.54, 1.807) is 0 Å². The Bertz CT molecular complexity index is 507. The first-order valence-electron chi connectivity index (χ1n) is 4.18. The van der Waals surface area contributed by atoms with Crippen LogP contribution in [0.4, 0.5) is 14.5 Å². The zero-order chi connectivity index (χ0) is 12.1. The van der Waals surface area contributed by atoms with Crippen LogP contribution in [0, 0.1) is 41.2 Å². The molecule has 0 fully saturated rings. The quantitative estimate of drug-likeness (QED) is 0.612. The van der Waals surface area contributed by atoms with Gasteiger partial charge in [0.25, 0.3) is 0 Å². The van der Waals surface area contributed by atoms with Crippen molar-refractivity contribution in [2.75, 3.05) is 5.43 Å². The molecule has 1 aromatic rings. The summed E-state index contributed by atoms with van der Waals surface area (Å²) < 4.78 is 25.8. The first-order valence-corrected chi connectivity index (χ1v) is 4.18. The Balaban J connectivity index is 3.02. The highest BCUT2D eigenvalue weighted by Gasteiger charge is 2.08. The number of halogens is 2. The monoisotopic (exact) mass is 220 g/mol. The minimum Gasteiger partial charge on any atom is -0.276 e. The fourth-order valence-corrected chi connectivity index (χ4v) is 0.964. The Morgan fingerprint density at radius 2 is 1.94 bits per heavy atom. The Morgan fingerprint density at radius 1 is 1.31 bits per heavy atom. The number of hydrogen-bond acceptors (Lipinski definition) is 4. The first kappa shape index (κ1) is 11.6. The number of nitrogens with one attached hydrogen (secondary N) is 1. The van der Waals surface area contributed by atoms with Gasteiger partial charge in [0.15, 0.2) is 11.6 Å². The van der Waals surface area contributed by atoms with E-state index in [9.17, 15) is 8.78 Å². The number of rotatable bonds is 2. The van der Waals surface area contributed by atoms with Crippen LogP contribution in [0.1, 0.15) is 5.56 Å². The topological polar surface area (TPSA) is 72.0 Å². The average molecular weight is 220 g/mol. The third-order valence-electron chi connectivity index (χ3n) is 1.84. The Kier molecular flexibility index (Phi) is 3.52. The summed E-state index contributed by atoms with van der Waals surface area (Å²) in [7, 11) is 0. The fraction of sp³-hybridized carbons (Fsp3) is 0.100. The zero-order valence-corrected chi connectivity index (χ0v) is 8.25. The van der Waals surface area contributed by atoms with E-state index in [1.807, 2.05) is 0 Å². The third kappa shape index (κ3) is 2.31. The molecule has 0 heterocycles. The molecule has 0 unspecified atom stereocenters. The lowest BCUT2D eigenvalue weighted by atomic mass is 10.2. The van der Waals surface area contributed by atoms with Crippen molar-refractivity contribution in [3.05, 3.63) is 29.3 Å². The van der Waals surface area contributed by atoms with Crippen molar-refractivity contribution in [3.8, 4) is 12.1 Å². The van der Waals surface area contributed by atoms with Crippen LogP contribution >= 0.6 is 0 Å². The van der Waals surface area contributed by atoms with Crippen LogP contribution in [0.15, 0.2) is 17.2 Å². The van der Waals surface area contributed by atoms with Gasteiger partial charge in [0.1, 0.15) is 12.1 Å². The van der Waals surface area contributed by atoms with Gasteiger partial charge in [0.05, 0.1) is 5.69 Å².